The van der Waals surface area contributed by atoms with Crippen molar-refractivity contribution in [2.75, 3.05) is 6.61 Å². The molecule has 0 amide bonds. The fourth-order valence-corrected chi connectivity index (χ4v) is 1.67. The van der Waals surface area contributed by atoms with Crippen molar-refractivity contribution in [1.82, 2.24) is 5.32 Å². The molecule has 5 atom stereocenters. The first-order valence-electron chi connectivity index (χ1n) is 4.53. The van der Waals surface area contributed by atoms with E-state index < -0.39 is 24.4 Å². The number of nitrogens with one attached hydrogen (secondary N) is 1. The van der Waals surface area contributed by atoms with Crippen LogP contribution in [0.1, 0.15) is 13.3 Å². The van der Waals surface area contributed by atoms with E-state index in [1.165, 1.54) is 0 Å². The van der Waals surface area contributed by atoms with E-state index in [0.717, 1.165) is 0 Å². The summed E-state index contributed by atoms with van der Waals surface area (Å²) < 4.78 is 0. The molecule has 1 rings (SSSR count). The highest BCUT2D eigenvalue weighted by Crippen LogP contribution is 2.16. The van der Waals surface area contributed by atoms with Gasteiger partial charge in [0.2, 0.25) is 0 Å². The van der Waals surface area contributed by atoms with Crippen LogP contribution in [0.15, 0.2) is 0 Å². The van der Waals surface area contributed by atoms with Crippen LogP contribution < -0.4 is 5.32 Å². The van der Waals surface area contributed by atoms with E-state index in [1.807, 2.05) is 6.92 Å². The molecule has 5 nitrogen and oxygen atoms in total. The summed E-state index contributed by atoms with van der Waals surface area (Å²) in [6, 6.07) is -0.820. The van der Waals surface area contributed by atoms with Crippen LogP contribution in [-0.4, -0.2) is 57.4 Å². The lowest BCUT2D eigenvalue weighted by atomic mass is 9.89. The van der Waals surface area contributed by atoms with Crippen LogP contribution in [-0.2, 0) is 0 Å². The Morgan fingerprint density at radius 3 is 2.00 bits per heavy atom. The van der Waals surface area contributed by atoms with Crippen molar-refractivity contribution < 1.29 is 20.4 Å². The van der Waals surface area contributed by atoms with Gasteiger partial charge in [0, 0.05) is 6.04 Å². The molecule has 0 unspecified atom stereocenters. The minimum absolute atomic E-state index is 0.249. The summed E-state index contributed by atoms with van der Waals surface area (Å²) in [5, 5.41) is 40.0. The normalized spacial score (nSPS) is 46.4. The van der Waals surface area contributed by atoms with Gasteiger partial charge in [-0.05, 0) is 6.42 Å². The molecule has 1 heterocycles. The molecule has 1 saturated heterocycles. The molecule has 0 bridgehead atoms. The van der Waals surface area contributed by atoms with Crippen molar-refractivity contribution in [2.45, 2.75) is 43.7 Å². The summed E-state index contributed by atoms with van der Waals surface area (Å²) in [6.07, 6.45) is -2.62. The predicted octanol–water partition coefficient (Wildman–Crippen LogP) is -2.19. The Bertz CT molecular complexity index is 146. The van der Waals surface area contributed by atoms with Crippen LogP contribution in [0.25, 0.3) is 0 Å². The fourth-order valence-electron chi connectivity index (χ4n) is 1.67. The van der Waals surface area contributed by atoms with Gasteiger partial charge in [-0.3, -0.25) is 0 Å². The molecule has 0 aromatic carbocycles. The number of rotatable bonds is 2. The van der Waals surface area contributed by atoms with E-state index in [0.29, 0.717) is 6.42 Å². The monoisotopic (exact) mass is 191 g/mol. The number of hydrogen-bond donors (Lipinski definition) is 5. The van der Waals surface area contributed by atoms with E-state index in [-0.39, 0.29) is 12.6 Å². The van der Waals surface area contributed by atoms with Gasteiger partial charge in [0.05, 0.1) is 24.9 Å². The van der Waals surface area contributed by atoms with Crippen molar-refractivity contribution >= 4 is 0 Å². The minimum Gasteiger partial charge on any atom is -0.395 e. The maximum atomic E-state index is 9.47. The Balaban J connectivity index is 2.66. The van der Waals surface area contributed by atoms with E-state index >= 15 is 0 Å². The van der Waals surface area contributed by atoms with Crippen molar-refractivity contribution in [3.8, 4) is 0 Å². The fraction of sp³-hybridized carbons (Fsp3) is 1.00. The zero-order chi connectivity index (χ0) is 10.0. The standard InChI is InChI=1S/C8H17NO4/c1-2-4-6(11)8(13)7(12)5(3-10)9-4/h4-13H,2-3H2,1H3/t4-,5-,6-,7+,8+/m0/s1. The Labute approximate surface area is 77.0 Å². The molecular formula is C8H17NO4. The lowest BCUT2D eigenvalue weighted by molar-refractivity contribution is -0.119. The molecule has 5 heteroatoms. The van der Waals surface area contributed by atoms with Crippen molar-refractivity contribution in [3.63, 3.8) is 0 Å². The second-order valence-corrected chi connectivity index (χ2v) is 3.44. The quantitative estimate of drug-likeness (QED) is 0.342. The highest BCUT2D eigenvalue weighted by atomic mass is 16.4. The van der Waals surface area contributed by atoms with Gasteiger partial charge in [0.1, 0.15) is 6.10 Å². The number of aliphatic hydroxyl groups is 4. The summed E-state index contributed by atoms with van der Waals surface area (Å²) in [6.45, 7) is 1.61. The average Bonchev–Trinajstić information content (AvgIpc) is 2.15. The third-order valence-electron chi connectivity index (χ3n) is 2.59. The molecule has 5 N–H and O–H groups in total. The third-order valence-corrected chi connectivity index (χ3v) is 2.59. The first kappa shape index (κ1) is 10.9. The number of piperidine rings is 1. The Kier molecular flexibility index (Phi) is 3.63. The van der Waals surface area contributed by atoms with Crippen LogP contribution in [0.3, 0.4) is 0 Å². The number of aliphatic hydroxyl groups excluding tert-OH is 4. The van der Waals surface area contributed by atoms with Gasteiger partial charge in [-0.25, -0.2) is 0 Å². The highest BCUT2D eigenvalue weighted by molar-refractivity contribution is 4.97. The van der Waals surface area contributed by atoms with Crippen LogP contribution in [0.5, 0.6) is 0 Å². The van der Waals surface area contributed by atoms with Gasteiger partial charge in [-0.1, -0.05) is 6.92 Å². The summed E-state index contributed by atoms with van der Waals surface area (Å²) in [4.78, 5) is 0. The van der Waals surface area contributed by atoms with Crippen molar-refractivity contribution in [1.29, 1.82) is 0 Å². The maximum Gasteiger partial charge on any atom is 0.109 e. The zero-order valence-corrected chi connectivity index (χ0v) is 7.59. The molecule has 13 heavy (non-hydrogen) atoms. The summed E-state index contributed by atoms with van der Waals surface area (Å²) in [5.74, 6) is 0. The summed E-state index contributed by atoms with van der Waals surface area (Å²) >= 11 is 0. The molecule has 0 saturated carbocycles. The molecular weight excluding hydrogens is 174 g/mol. The molecule has 1 aliphatic heterocycles. The highest BCUT2D eigenvalue weighted by Gasteiger charge is 2.40. The van der Waals surface area contributed by atoms with Crippen LogP contribution >= 0.6 is 0 Å². The molecule has 0 radical (unpaired) electrons. The minimum atomic E-state index is -1.18. The molecule has 78 valence electrons. The smallest absolute Gasteiger partial charge is 0.109 e. The van der Waals surface area contributed by atoms with Gasteiger partial charge in [-0.15, -0.1) is 0 Å². The van der Waals surface area contributed by atoms with E-state index in [9.17, 15) is 15.3 Å². The molecule has 1 fully saturated rings. The Hall–Kier alpha value is -0.200. The van der Waals surface area contributed by atoms with Crippen molar-refractivity contribution in [3.05, 3.63) is 0 Å². The lowest BCUT2D eigenvalue weighted by Crippen LogP contribution is -2.65. The Morgan fingerprint density at radius 1 is 1.00 bits per heavy atom. The van der Waals surface area contributed by atoms with Crippen LogP contribution in [0.4, 0.5) is 0 Å². The van der Waals surface area contributed by atoms with E-state index in [2.05, 4.69) is 5.32 Å². The molecule has 0 aliphatic carbocycles. The molecule has 0 aromatic rings. The van der Waals surface area contributed by atoms with Gasteiger partial charge >= 0.3 is 0 Å². The van der Waals surface area contributed by atoms with Gasteiger partial charge in [0.25, 0.3) is 0 Å². The third kappa shape index (κ3) is 2.00. The number of hydrogen-bond acceptors (Lipinski definition) is 5. The average molecular weight is 191 g/mol. The molecule has 0 aromatic heterocycles. The molecule has 0 spiro atoms. The van der Waals surface area contributed by atoms with E-state index in [4.69, 9.17) is 5.11 Å². The van der Waals surface area contributed by atoms with Gasteiger partial charge in [-0.2, -0.15) is 0 Å². The lowest BCUT2D eigenvalue weighted by Gasteiger charge is -2.40. The Morgan fingerprint density at radius 2 is 1.54 bits per heavy atom. The van der Waals surface area contributed by atoms with E-state index in [1.54, 1.807) is 0 Å². The predicted molar refractivity (Wildman–Crippen MR) is 46.1 cm³/mol. The second-order valence-electron chi connectivity index (χ2n) is 3.44. The zero-order valence-electron chi connectivity index (χ0n) is 7.59. The second kappa shape index (κ2) is 4.34. The first-order chi connectivity index (χ1) is 6.11. The maximum absolute atomic E-state index is 9.47. The summed E-state index contributed by atoms with van der Waals surface area (Å²) in [7, 11) is 0. The van der Waals surface area contributed by atoms with Crippen LogP contribution in [0, 0.1) is 0 Å². The molecule has 1 aliphatic rings. The largest absolute Gasteiger partial charge is 0.395 e. The first-order valence-corrected chi connectivity index (χ1v) is 4.53. The SMILES string of the molecule is CC[C@@H]1N[C@@H](CO)[C@@H](O)[C@H](O)[C@H]1O. The van der Waals surface area contributed by atoms with Crippen LogP contribution in [0.2, 0.25) is 0 Å². The topological polar surface area (TPSA) is 93.0 Å². The van der Waals surface area contributed by atoms with Gasteiger partial charge < -0.3 is 25.7 Å². The summed E-state index contributed by atoms with van der Waals surface area (Å²) in [5.41, 5.74) is 0. The van der Waals surface area contributed by atoms with Crippen molar-refractivity contribution in [2.24, 2.45) is 0 Å². The van der Waals surface area contributed by atoms with Gasteiger partial charge in [0.15, 0.2) is 0 Å².